The molecule has 1 aromatic heterocycles. The molecule has 0 unspecified atom stereocenters. The standard InChI is InChI=1S/C23H29FN6O4/c24-17-5-3-14(4-6-17)21-26-28-30(27-21)18-9-20(23(33)34)29(12-18)11-13-1-2-15-10-25-19(22(31)32)8-16(15)7-13/h3-6,13,15-16,18-20,25H,1-2,7-12H2,(H,31,32)(H,33,34)/t13-,15-,16+,18-,19-,20-/m0/s1. The zero-order valence-corrected chi connectivity index (χ0v) is 18.8. The van der Waals surface area contributed by atoms with Gasteiger partial charge in [-0.25, -0.2) is 4.39 Å². The van der Waals surface area contributed by atoms with Crippen LogP contribution in [0.15, 0.2) is 24.3 Å². The van der Waals surface area contributed by atoms with Crippen LogP contribution >= 0.6 is 0 Å². The minimum Gasteiger partial charge on any atom is -0.480 e. The molecule has 3 heterocycles. The molecule has 182 valence electrons. The van der Waals surface area contributed by atoms with E-state index < -0.39 is 24.0 Å². The molecular weight excluding hydrogens is 443 g/mol. The lowest BCUT2D eigenvalue weighted by Gasteiger charge is -2.42. The van der Waals surface area contributed by atoms with Crippen LogP contribution in [0.3, 0.4) is 0 Å². The van der Waals surface area contributed by atoms with Gasteiger partial charge in [-0.05, 0) is 85.9 Å². The molecule has 2 saturated heterocycles. The molecule has 11 heteroatoms. The number of likely N-dealkylation sites (tertiary alicyclic amines) is 1. The number of nitrogens with one attached hydrogen (secondary N) is 1. The third kappa shape index (κ3) is 4.67. The van der Waals surface area contributed by atoms with Crippen molar-refractivity contribution in [2.75, 3.05) is 19.6 Å². The predicted molar refractivity (Wildman–Crippen MR) is 118 cm³/mol. The second kappa shape index (κ2) is 9.38. The van der Waals surface area contributed by atoms with Crippen LogP contribution in [-0.4, -0.2) is 79.0 Å². The fourth-order valence-electron chi connectivity index (χ4n) is 5.95. The Balaban J connectivity index is 1.24. The van der Waals surface area contributed by atoms with E-state index in [1.165, 1.54) is 16.9 Å². The monoisotopic (exact) mass is 472 g/mol. The topological polar surface area (TPSA) is 133 Å². The molecule has 3 fully saturated rings. The summed E-state index contributed by atoms with van der Waals surface area (Å²) in [4.78, 5) is 26.9. The number of carboxylic acid groups (broad SMARTS) is 2. The molecule has 2 aromatic rings. The highest BCUT2D eigenvalue weighted by molar-refractivity contribution is 5.74. The molecule has 3 aliphatic rings. The molecule has 0 bridgehead atoms. The molecule has 6 atom stereocenters. The van der Waals surface area contributed by atoms with Gasteiger partial charge in [0.15, 0.2) is 0 Å². The number of hydrogen-bond donors (Lipinski definition) is 3. The number of tetrazole rings is 1. The number of rotatable bonds is 6. The van der Waals surface area contributed by atoms with E-state index >= 15 is 0 Å². The van der Waals surface area contributed by atoms with E-state index in [0.29, 0.717) is 55.1 Å². The van der Waals surface area contributed by atoms with Gasteiger partial charge in [0.2, 0.25) is 5.82 Å². The summed E-state index contributed by atoms with van der Waals surface area (Å²) in [6.45, 7) is 1.92. The molecule has 2 aliphatic heterocycles. The second-order valence-corrected chi connectivity index (χ2v) is 9.87. The van der Waals surface area contributed by atoms with Crippen LogP contribution in [0.4, 0.5) is 4.39 Å². The summed E-state index contributed by atoms with van der Waals surface area (Å²) in [6.07, 6.45) is 4.01. The summed E-state index contributed by atoms with van der Waals surface area (Å²) in [5.41, 5.74) is 0.649. The molecule has 10 nitrogen and oxygen atoms in total. The lowest BCUT2D eigenvalue weighted by atomic mass is 9.69. The number of aliphatic carboxylic acids is 2. The molecule has 0 amide bonds. The maximum Gasteiger partial charge on any atom is 0.321 e. The van der Waals surface area contributed by atoms with Crippen molar-refractivity contribution < 1.29 is 24.2 Å². The van der Waals surface area contributed by atoms with Crippen LogP contribution in [0.25, 0.3) is 11.4 Å². The first kappa shape index (κ1) is 22.9. The second-order valence-electron chi connectivity index (χ2n) is 9.87. The van der Waals surface area contributed by atoms with Gasteiger partial charge in [-0.1, -0.05) is 0 Å². The summed E-state index contributed by atoms with van der Waals surface area (Å²) in [5.74, 6) is -0.424. The van der Waals surface area contributed by atoms with Crippen molar-refractivity contribution >= 4 is 11.9 Å². The summed E-state index contributed by atoms with van der Waals surface area (Å²) in [5, 5.41) is 35.0. The fourth-order valence-corrected chi connectivity index (χ4v) is 5.95. The number of aromatic nitrogens is 4. The average Bonchev–Trinajstić information content (AvgIpc) is 3.47. The zero-order chi connectivity index (χ0) is 23.8. The van der Waals surface area contributed by atoms with Gasteiger partial charge in [0.25, 0.3) is 0 Å². The number of carbonyl (C=O) groups is 2. The van der Waals surface area contributed by atoms with E-state index in [2.05, 4.69) is 20.7 Å². The number of piperidine rings is 1. The number of carboxylic acids is 2. The van der Waals surface area contributed by atoms with Gasteiger partial charge < -0.3 is 15.5 Å². The molecule has 1 aromatic carbocycles. The van der Waals surface area contributed by atoms with Crippen LogP contribution in [0.5, 0.6) is 0 Å². The lowest BCUT2D eigenvalue weighted by Crippen LogP contribution is -2.50. The third-order valence-electron chi connectivity index (χ3n) is 7.73. The average molecular weight is 473 g/mol. The molecule has 34 heavy (non-hydrogen) atoms. The Morgan fingerprint density at radius 3 is 2.59 bits per heavy atom. The number of halogens is 1. The highest BCUT2D eigenvalue weighted by atomic mass is 19.1. The van der Waals surface area contributed by atoms with Gasteiger partial charge in [-0.3, -0.25) is 14.5 Å². The SMILES string of the molecule is O=C(O)[C@@H]1C[C@H]2C[C@@H](CN3C[C@@H](n4nnc(-c5ccc(F)cc5)n4)C[C@H]3C(=O)O)CC[C@H]2CN1. The largest absolute Gasteiger partial charge is 0.480 e. The Morgan fingerprint density at radius 2 is 1.85 bits per heavy atom. The van der Waals surface area contributed by atoms with Crippen molar-refractivity contribution in [2.45, 2.75) is 50.2 Å². The van der Waals surface area contributed by atoms with E-state index in [0.717, 1.165) is 25.8 Å². The summed E-state index contributed by atoms with van der Waals surface area (Å²) >= 11 is 0. The molecule has 0 spiro atoms. The first-order valence-electron chi connectivity index (χ1n) is 11.9. The van der Waals surface area contributed by atoms with Crippen molar-refractivity contribution in [1.29, 1.82) is 0 Å². The quantitative estimate of drug-likeness (QED) is 0.574. The van der Waals surface area contributed by atoms with Gasteiger partial charge in [-0.15, -0.1) is 10.2 Å². The first-order valence-corrected chi connectivity index (χ1v) is 11.9. The van der Waals surface area contributed by atoms with Gasteiger partial charge in [-0.2, -0.15) is 4.80 Å². The highest BCUT2D eigenvalue weighted by Crippen LogP contribution is 2.40. The van der Waals surface area contributed by atoms with Crippen molar-refractivity contribution in [3.05, 3.63) is 30.1 Å². The Kier molecular flexibility index (Phi) is 6.30. The number of fused-ring (bicyclic) bond motifs is 1. The fraction of sp³-hybridized carbons (Fsp3) is 0.609. The maximum atomic E-state index is 13.2. The highest BCUT2D eigenvalue weighted by Gasteiger charge is 2.42. The molecule has 5 rings (SSSR count). The van der Waals surface area contributed by atoms with E-state index in [4.69, 9.17) is 0 Å². The van der Waals surface area contributed by atoms with Crippen LogP contribution in [0, 0.1) is 23.6 Å². The van der Waals surface area contributed by atoms with Crippen molar-refractivity contribution in [3.63, 3.8) is 0 Å². The van der Waals surface area contributed by atoms with Gasteiger partial charge in [0.05, 0.1) is 6.04 Å². The summed E-state index contributed by atoms with van der Waals surface area (Å²) in [7, 11) is 0. The minimum atomic E-state index is -0.858. The molecule has 1 saturated carbocycles. The normalized spacial score (nSPS) is 31.8. The van der Waals surface area contributed by atoms with E-state index in [-0.39, 0.29) is 11.9 Å². The van der Waals surface area contributed by atoms with Crippen LogP contribution in [-0.2, 0) is 9.59 Å². The maximum absolute atomic E-state index is 13.2. The van der Waals surface area contributed by atoms with Gasteiger partial charge in [0.1, 0.15) is 17.9 Å². The lowest BCUT2D eigenvalue weighted by molar-refractivity contribution is -0.143. The van der Waals surface area contributed by atoms with Crippen molar-refractivity contribution in [2.24, 2.45) is 17.8 Å². The van der Waals surface area contributed by atoms with E-state index in [9.17, 15) is 24.2 Å². The summed E-state index contributed by atoms with van der Waals surface area (Å²) in [6, 6.07) is 4.52. The molecule has 0 radical (unpaired) electrons. The Bertz CT molecular complexity index is 1050. The summed E-state index contributed by atoms with van der Waals surface area (Å²) < 4.78 is 13.2. The number of nitrogens with zero attached hydrogens (tertiary/aromatic N) is 5. The zero-order valence-electron chi connectivity index (χ0n) is 18.8. The van der Waals surface area contributed by atoms with Gasteiger partial charge >= 0.3 is 11.9 Å². The molecule has 3 N–H and O–H groups in total. The van der Waals surface area contributed by atoms with Crippen LogP contribution < -0.4 is 5.32 Å². The number of hydrogen-bond acceptors (Lipinski definition) is 7. The molecular formula is C23H29FN6O4. The Labute approximate surface area is 196 Å². The predicted octanol–water partition coefficient (Wildman–Crippen LogP) is 1.66. The van der Waals surface area contributed by atoms with Crippen LogP contribution in [0.2, 0.25) is 0 Å². The number of benzene rings is 1. The first-order chi connectivity index (χ1) is 16.4. The third-order valence-corrected chi connectivity index (χ3v) is 7.73. The van der Waals surface area contributed by atoms with Crippen molar-refractivity contribution in [3.8, 4) is 11.4 Å². The Morgan fingerprint density at radius 1 is 1.06 bits per heavy atom. The minimum absolute atomic E-state index is 0.214. The van der Waals surface area contributed by atoms with E-state index in [1.54, 1.807) is 12.1 Å². The Hall–Kier alpha value is -2.92. The van der Waals surface area contributed by atoms with E-state index in [1.807, 2.05) is 4.90 Å². The van der Waals surface area contributed by atoms with Gasteiger partial charge in [0, 0.05) is 18.7 Å². The molecule has 1 aliphatic carbocycles. The smallest absolute Gasteiger partial charge is 0.321 e. The van der Waals surface area contributed by atoms with Crippen molar-refractivity contribution in [1.82, 2.24) is 30.4 Å². The van der Waals surface area contributed by atoms with Crippen LogP contribution in [0.1, 0.15) is 38.1 Å².